The molecule has 2 rings (SSSR count). The van der Waals surface area contributed by atoms with Gasteiger partial charge in [-0.05, 0) is 12.1 Å². The molecule has 0 aliphatic heterocycles. The number of nitrogens with zero attached hydrogens (tertiary/aromatic N) is 1. The fraction of sp³-hybridized carbons (Fsp3) is 0.200. The molecule has 0 bridgehead atoms. The Balaban J connectivity index is 2.17. The van der Waals surface area contributed by atoms with Gasteiger partial charge in [-0.15, -0.1) is 0 Å². The number of aromatic carboxylic acids is 1. The molecule has 1 N–H and O–H groups in total. The number of benzene rings is 1. The van der Waals surface area contributed by atoms with Crippen molar-refractivity contribution in [2.45, 2.75) is 12.3 Å². The summed E-state index contributed by atoms with van der Waals surface area (Å²) in [4.78, 5) is 14.4. The largest absolute Gasteiger partial charge is 0.478 e. The number of carboxylic acids is 1. The number of hydrogen-bond donors (Lipinski definition) is 1. The maximum absolute atomic E-state index is 13.8. The van der Waals surface area contributed by atoms with Crippen molar-refractivity contribution in [3.05, 3.63) is 45.8 Å². The van der Waals surface area contributed by atoms with E-state index < -0.39 is 47.2 Å². The van der Waals surface area contributed by atoms with Crippen LogP contribution in [0, 0.1) is 5.82 Å². The zero-order valence-corrected chi connectivity index (χ0v) is 14.4. The summed E-state index contributed by atoms with van der Waals surface area (Å²) in [6.45, 7) is -1.65. The number of ether oxygens (including phenoxy) is 2. The maximum Gasteiger partial charge on any atom is 0.340 e. The van der Waals surface area contributed by atoms with Crippen LogP contribution in [-0.4, -0.2) is 35.0 Å². The number of rotatable bonds is 7. The molecule has 1 aromatic heterocycles. The van der Waals surface area contributed by atoms with Crippen molar-refractivity contribution in [3.8, 4) is 17.4 Å². The SMILES string of the molecule is O=C(O)c1ccc(Oc2cnc(OCC(F)(F)C(F)F)c(Cl)c2)c(Cl)c1F. The Morgan fingerprint density at radius 1 is 1.30 bits per heavy atom. The summed E-state index contributed by atoms with van der Waals surface area (Å²) in [5.41, 5.74) is -0.674. The molecule has 0 atom stereocenters. The Labute approximate surface area is 158 Å². The topological polar surface area (TPSA) is 68.7 Å². The predicted octanol–water partition coefficient (Wildman–Crippen LogP) is 5.30. The van der Waals surface area contributed by atoms with E-state index in [1.165, 1.54) is 0 Å². The fourth-order valence-electron chi connectivity index (χ4n) is 1.70. The number of aromatic nitrogens is 1. The van der Waals surface area contributed by atoms with Crippen molar-refractivity contribution in [1.82, 2.24) is 4.98 Å². The molecule has 146 valence electrons. The highest BCUT2D eigenvalue weighted by molar-refractivity contribution is 6.32. The van der Waals surface area contributed by atoms with Crippen LogP contribution >= 0.6 is 23.2 Å². The summed E-state index contributed by atoms with van der Waals surface area (Å²) in [6.07, 6.45) is -2.99. The molecule has 1 aromatic carbocycles. The van der Waals surface area contributed by atoms with Gasteiger partial charge < -0.3 is 14.6 Å². The molecule has 0 aliphatic rings. The average molecular weight is 432 g/mol. The number of pyridine rings is 1. The third-order valence-corrected chi connectivity index (χ3v) is 3.63. The van der Waals surface area contributed by atoms with Crippen LogP contribution in [0.5, 0.6) is 17.4 Å². The smallest absolute Gasteiger partial charge is 0.340 e. The number of alkyl halides is 4. The lowest BCUT2D eigenvalue weighted by Gasteiger charge is -2.16. The molecule has 2 aromatic rings. The van der Waals surface area contributed by atoms with E-state index >= 15 is 0 Å². The van der Waals surface area contributed by atoms with Gasteiger partial charge in [-0.1, -0.05) is 23.2 Å². The van der Waals surface area contributed by atoms with E-state index in [-0.39, 0.29) is 16.5 Å². The quantitative estimate of drug-likeness (QED) is 0.602. The van der Waals surface area contributed by atoms with E-state index in [0.29, 0.717) is 0 Å². The van der Waals surface area contributed by atoms with Gasteiger partial charge in [0.25, 0.3) is 0 Å². The Morgan fingerprint density at radius 2 is 1.96 bits per heavy atom. The molecule has 0 saturated carbocycles. The maximum atomic E-state index is 13.8. The predicted molar refractivity (Wildman–Crippen MR) is 84.1 cm³/mol. The Hall–Kier alpha value is -2.33. The molecule has 0 spiro atoms. The van der Waals surface area contributed by atoms with Crippen molar-refractivity contribution in [2.75, 3.05) is 6.61 Å². The minimum Gasteiger partial charge on any atom is -0.478 e. The van der Waals surface area contributed by atoms with E-state index in [1.54, 1.807) is 0 Å². The van der Waals surface area contributed by atoms with E-state index in [0.717, 1.165) is 24.4 Å². The summed E-state index contributed by atoms with van der Waals surface area (Å²) in [5, 5.41) is 7.83. The number of carbonyl (C=O) groups is 1. The van der Waals surface area contributed by atoms with Crippen LogP contribution in [0.15, 0.2) is 24.4 Å². The van der Waals surface area contributed by atoms with Gasteiger partial charge in [0.1, 0.15) is 21.5 Å². The third kappa shape index (κ3) is 4.89. The molecule has 0 unspecified atom stereocenters. The lowest BCUT2D eigenvalue weighted by Crippen LogP contribution is -2.33. The van der Waals surface area contributed by atoms with Gasteiger partial charge >= 0.3 is 18.3 Å². The summed E-state index contributed by atoms with van der Waals surface area (Å²) in [6, 6.07) is 3.03. The Kier molecular flexibility index (Phi) is 6.32. The second-order valence-electron chi connectivity index (χ2n) is 4.95. The first kappa shape index (κ1) is 21.0. The summed E-state index contributed by atoms with van der Waals surface area (Å²) in [7, 11) is 0. The normalized spacial score (nSPS) is 11.6. The highest BCUT2D eigenvalue weighted by Gasteiger charge is 2.42. The number of carboxylic acid groups (broad SMARTS) is 1. The lowest BCUT2D eigenvalue weighted by atomic mass is 10.2. The van der Waals surface area contributed by atoms with E-state index in [1.807, 2.05) is 0 Å². The van der Waals surface area contributed by atoms with Gasteiger partial charge in [0.2, 0.25) is 5.88 Å². The van der Waals surface area contributed by atoms with Crippen molar-refractivity contribution < 1.29 is 41.3 Å². The second kappa shape index (κ2) is 8.13. The van der Waals surface area contributed by atoms with Crippen LogP contribution in [-0.2, 0) is 0 Å². The standard InChI is InChI=1S/C15H8Cl2F5NO4/c16-8-3-6(4-23-12(8)26-5-15(21,22)14(19)20)27-9-2-1-7(13(24)25)11(18)10(9)17/h1-4,14H,5H2,(H,24,25). The van der Waals surface area contributed by atoms with Crippen LogP contribution < -0.4 is 9.47 Å². The highest BCUT2D eigenvalue weighted by atomic mass is 35.5. The van der Waals surface area contributed by atoms with Gasteiger partial charge in [-0.3, -0.25) is 0 Å². The molecule has 0 radical (unpaired) electrons. The van der Waals surface area contributed by atoms with Gasteiger partial charge in [0.05, 0.1) is 11.8 Å². The average Bonchev–Trinajstić information content (AvgIpc) is 2.58. The molecular formula is C15H8Cl2F5NO4. The first-order valence-electron chi connectivity index (χ1n) is 6.86. The first-order valence-corrected chi connectivity index (χ1v) is 7.62. The first-order chi connectivity index (χ1) is 12.5. The minimum atomic E-state index is -4.39. The summed E-state index contributed by atoms with van der Waals surface area (Å²) >= 11 is 11.5. The minimum absolute atomic E-state index is 0.127. The van der Waals surface area contributed by atoms with Crippen LogP contribution in [0.4, 0.5) is 22.0 Å². The zero-order valence-electron chi connectivity index (χ0n) is 12.9. The van der Waals surface area contributed by atoms with Crippen molar-refractivity contribution in [1.29, 1.82) is 0 Å². The van der Waals surface area contributed by atoms with Crippen molar-refractivity contribution >= 4 is 29.2 Å². The van der Waals surface area contributed by atoms with E-state index in [9.17, 15) is 26.7 Å². The molecule has 0 amide bonds. The second-order valence-corrected chi connectivity index (χ2v) is 5.74. The Bertz CT molecular complexity index is 866. The van der Waals surface area contributed by atoms with E-state index in [4.69, 9.17) is 33.0 Å². The van der Waals surface area contributed by atoms with Crippen LogP contribution in [0.1, 0.15) is 10.4 Å². The molecule has 1 heterocycles. The van der Waals surface area contributed by atoms with Crippen LogP contribution in [0.3, 0.4) is 0 Å². The molecule has 27 heavy (non-hydrogen) atoms. The van der Waals surface area contributed by atoms with Gasteiger partial charge in [-0.2, -0.15) is 8.78 Å². The lowest BCUT2D eigenvalue weighted by molar-refractivity contribution is -0.148. The monoisotopic (exact) mass is 431 g/mol. The molecule has 0 saturated heterocycles. The highest BCUT2D eigenvalue weighted by Crippen LogP contribution is 2.35. The van der Waals surface area contributed by atoms with Gasteiger partial charge in [0.15, 0.2) is 12.4 Å². The number of hydrogen-bond acceptors (Lipinski definition) is 4. The van der Waals surface area contributed by atoms with Crippen molar-refractivity contribution in [2.24, 2.45) is 0 Å². The number of halogens is 7. The van der Waals surface area contributed by atoms with Gasteiger partial charge in [-0.25, -0.2) is 22.9 Å². The third-order valence-electron chi connectivity index (χ3n) is 3.01. The molecule has 5 nitrogen and oxygen atoms in total. The molecule has 12 heteroatoms. The van der Waals surface area contributed by atoms with Gasteiger partial charge in [0, 0.05) is 6.07 Å². The zero-order chi connectivity index (χ0) is 20.4. The van der Waals surface area contributed by atoms with E-state index in [2.05, 4.69) is 9.72 Å². The van der Waals surface area contributed by atoms with Crippen LogP contribution in [0.2, 0.25) is 10.0 Å². The molecule has 0 fully saturated rings. The van der Waals surface area contributed by atoms with Crippen LogP contribution in [0.25, 0.3) is 0 Å². The Morgan fingerprint density at radius 3 is 2.52 bits per heavy atom. The molecular weight excluding hydrogens is 424 g/mol. The molecule has 0 aliphatic carbocycles. The summed E-state index contributed by atoms with van der Waals surface area (Å²) in [5.74, 6) is -8.10. The summed E-state index contributed by atoms with van der Waals surface area (Å²) < 4.78 is 73.4. The fourth-order valence-corrected chi connectivity index (χ4v) is 2.11. The van der Waals surface area contributed by atoms with Crippen molar-refractivity contribution in [3.63, 3.8) is 0 Å².